The van der Waals surface area contributed by atoms with E-state index < -0.39 is 0 Å². The molecule has 0 fully saturated rings. The second kappa shape index (κ2) is 11.5. The van der Waals surface area contributed by atoms with Crippen LogP contribution in [0.25, 0.3) is 16.9 Å². The molecule has 3 aromatic rings. The first kappa shape index (κ1) is 22.8. The molecule has 0 bridgehead atoms. The van der Waals surface area contributed by atoms with Crippen molar-refractivity contribution in [2.75, 3.05) is 26.8 Å². The Morgan fingerprint density at radius 1 is 0.969 bits per heavy atom. The Bertz CT molecular complexity index is 1050. The third-order valence-electron chi connectivity index (χ3n) is 4.62. The molecule has 2 N–H and O–H groups in total. The van der Waals surface area contributed by atoms with Gasteiger partial charge in [0.25, 0.3) is 11.8 Å². The van der Waals surface area contributed by atoms with Crippen LogP contribution in [0.1, 0.15) is 19.8 Å². The molecule has 1 aromatic heterocycles. The maximum Gasteiger partial charge on any atom is 0.257 e. The number of likely N-dealkylation sites (N-methyl/N-ethyl adjacent to an activating group) is 1. The summed E-state index contributed by atoms with van der Waals surface area (Å²) in [5.41, 5.74) is 1.93. The first-order chi connectivity index (χ1) is 15.6. The number of amides is 2. The van der Waals surface area contributed by atoms with E-state index in [2.05, 4.69) is 27.9 Å². The maximum atomic E-state index is 12.0. The second-order valence-electron chi connectivity index (χ2n) is 6.97. The van der Waals surface area contributed by atoms with Gasteiger partial charge in [-0.25, -0.2) is 4.68 Å². The highest BCUT2D eigenvalue weighted by Gasteiger charge is 2.14. The van der Waals surface area contributed by atoms with Gasteiger partial charge in [0.15, 0.2) is 13.2 Å². The van der Waals surface area contributed by atoms with E-state index in [1.54, 1.807) is 30.1 Å². The molecule has 0 aliphatic rings. The SMILES string of the molecule is CCCCNC(=O)COc1ccccc1-c1cn(-c2ccccc2OCC(=O)NC)nn1. The molecule has 2 amide bonds. The molecule has 32 heavy (non-hydrogen) atoms. The number of unbranched alkanes of at least 4 members (excludes halogenated alkanes) is 1. The van der Waals surface area contributed by atoms with Crippen molar-refractivity contribution in [1.82, 2.24) is 25.6 Å². The molecule has 168 valence electrons. The van der Waals surface area contributed by atoms with Gasteiger partial charge in [-0.1, -0.05) is 42.8 Å². The number of nitrogens with zero attached hydrogens (tertiary/aromatic N) is 3. The Kier molecular flexibility index (Phi) is 8.19. The molecule has 0 aliphatic carbocycles. The number of benzene rings is 2. The molecule has 3 rings (SSSR count). The lowest BCUT2D eigenvalue weighted by Crippen LogP contribution is -2.29. The van der Waals surface area contributed by atoms with E-state index in [0.717, 1.165) is 12.8 Å². The van der Waals surface area contributed by atoms with Crippen LogP contribution in [0.3, 0.4) is 0 Å². The smallest absolute Gasteiger partial charge is 0.257 e. The van der Waals surface area contributed by atoms with E-state index in [4.69, 9.17) is 9.47 Å². The summed E-state index contributed by atoms with van der Waals surface area (Å²) in [5.74, 6) is 0.637. The highest BCUT2D eigenvalue weighted by atomic mass is 16.5. The number of carbonyl (C=O) groups is 2. The Morgan fingerprint density at radius 2 is 1.66 bits per heavy atom. The third-order valence-corrected chi connectivity index (χ3v) is 4.62. The number of nitrogens with one attached hydrogen (secondary N) is 2. The van der Waals surface area contributed by atoms with Crippen LogP contribution < -0.4 is 20.1 Å². The van der Waals surface area contributed by atoms with Crippen molar-refractivity contribution in [3.63, 3.8) is 0 Å². The third kappa shape index (κ3) is 6.07. The average molecular weight is 438 g/mol. The molecule has 9 nitrogen and oxygen atoms in total. The van der Waals surface area contributed by atoms with E-state index in [9.17, 15) is 9.59 Å². The summed E-state index contributed by atoms with van der Waals surface area (Å²) in [6.45, 7) is 2.52. The van der Waals surface area contributed by atoms with E-state index in [-0.39, 0.29) is 25.0 Å². The summed E-state index contributed by atoms with van der Waals surface area (Å²) in [6.07, 6.45) is 3.69. The predicted molar refractivity (Wildman–Crippen MR) is 120 cm³/mol. The summed E-state index contributed by atoms with van der Waals surface area (Å²) in [4.78, 5) is 23.5. The van der Waals surface area contributed by atoms with E-state index in [1.807, 2.05) is 36.4 Å². The first-order valence-electron chi connectivity index (χ1n) is 10.5. The van der Waals surface area contributed by atoms with Gasteiger partial charge in [0.1, 0.15) is 22.9 Å². The van der Waals surface area contributed by atoms with E-state index >= 15 is 0 Å². The minimum Gasteiger partial charge on any atom is -0.483 e. The van der Waals surface area contributed by atoms with Crippen LogP contribution in [-0.4, -0.2) is 53.6 Å². The Morgan fingerprint density at radius 3 is 2.44 bits per heavy atom. The van der Waals surface area contributed by atoms with Crippen molar-refractivity contribution in [2.24, 2.45) is 0 Å². The molecule has 1 heterocycles. The molecular weight excluding hydrogens is 410 g/mol. The fourth-order valence-electron chi connectivity index (χ4n) is 2.89. The number of ether oxygens (including phenoxy) is 2. The quantitative estimate of drug-likeness (QED) is 0.446. The van der Waals surface area contributed by atoms with Gasteiger partial charge in [-0.05, 0) is 30.7 Å². The van der Waals surface area contributed by atoms with Gasteiger partial charge < -0.3 is 20.1 Å². The number of rotatable bonds is 11. The molecule has 0 saturated carbocycles. The molecule has 0 radical (unpaired) electrons. The zero-order valence-corrected chi connectivity index (χ0v) is 18.2. The molecule has 0 saturated heterocycles. The topological polar surface area (TPSA) is 107 Å². The Labute approximate surface area is 186 Å². The fourth-order valence-corrected chi connectivity index (χ4v) is 2.89. The number of hydrogen-bond acceptors (Lipinski definition) is 6. The van der Waals surface area contributed by atoms with Gasteiger partial charge in [-0.3, -0.25) is 9.59 Å². The zero-order valence-electron chi connectivity index (χ0n) is 18.2. The van der Waals surface area contributed by atoms with Gasteiger partial charge in [0.05, 0.1) is 6.20 Å². The molecule has 0 spiro atoms. The molecular formula is C23H27N5O4. The predicted octanol–water partition coefficient (Wildman–Crippen LogP) is 2.35. The van der Waals surface area contributed by atoms with Crippen LogP contribution >= 0.6 is 0 Å². The minimum absolute atomic E-state index is 0.0783. The summed E-state index contributed by atoms with van der Waals surface area (Å²) >= 11 is 0. The summed E-state index contributed by atoms with van der Waals surface area (Å²) in [7, 11) is 1.55. The lowest BCUT2D eigenvalue weighted by Gasteiger charge is -2.10. The zero-order chi connectivity index (χ0) is 22.8. The van der Waals surface area contributed by atoms with Crippen LogP contribution in [0, 0.1) is 0 Å². The first-order valence-corrected chi connectivity index (χ1v) is 10.5. The average Bonchev–Trinajstić information content (AvgIpc) is 3.31. The molecule has 2 aromatic carbocycles. The Hall–Kier alpha value is -3.88. The largest absolute Gasteiger partial charge is 0.483 e. The van der Waals surface area contributed by atoms with Gasteiger partial charge >= 0.3 is 0 Å². The molecule has 0 atom stereocenters. The van der Waals surface area contributed by atoms with Crippen molar-refractivity contribution in [1.29, 1.82) is 0 Å². The van der Waals surface area contributed by atoms with E-state index in [0.29, 0.717) is 35.0 Å². The van der Waals surface area contributed by atoms with Crippen LogP contribution in [0.2, 0.25) is 0 Å². The number of carbonyl (C=O) groups excluding carboxylic acids is 2. The number of hydrogen-bond donors (Lipinski definition) is 2. The van der Waals surface area contributed by atoms with Gasteiger partial charge in [-0.15, -0.1) is 5.10 Å². The maximum absolute atomic E-state index is 12.0. The minimum atomic E-state index is -0.233. The summed E-state index contributed by atoms with van der Waals surface area (Å²) in [5, 5.41) is 13.8. The lowest BCUT2D eigenvalue weighted by molar-refractivity contribution is -0.123. The van der Waals surface area contributed by atoms with Crippen molar-refractivity contribution >= 4 is 11.8 Å². The van der Waals surface area contributed by atoms with Gasteiger partial charge in [0, 0.05) is 19.2 Å². The standard InChI is InChI=1S/C23H27N5O4/c1-3-4-13-25-23(30)16-31-20-11-7-5-9-17(20)18-14-28(27-26-18)19-10-6-8-12-21(19)32-15-22(29)24-2/h5-12,14H,3-4,13,15-16H2,1-2H3,(H,24,29)(H,25,30). The summed E-state index contributed by atoms with van der Waals surface area (Å²) < 4.78 is 12.9. The van der Waals surface area contributed by atoms with Crippen molar-refractivity contribution in [3.8, 4) is 28.4 Å². The monoisotopic (exact) mass is 437 g/mol. The Balaban J connectivity index is 1.75. The second-order valence-corrected chi connectivity index (χ2v) is 6.97. The van der Waals surface area contributed by atoms with Gasteiger partial charge in [0.2, 0.25) is 0 Å². The number of aromatic nitrogens is 3. The van der Waals surface area contributed by atoms with Crippen molar-refractivity contribution in [3.05, 3.63) is 54.7 Å². The van der Waals surface area contributed by atoms with Crippen molar-refractivity contribution in [2.45, 2.75) is 19.8 Å². The molecule has 0 aliphatic heterocycles. The highest BCUT2D eigenvalue weighted by Crippen LogP contribution is 2.29. The van der Waals surface area contributed by atoms with Gasteiger partial charge in [-0.2, -0.15) is 0 Å². The summed E-state index contributed by atoms with van der Waals surface area (Å²) in [6, 6.07) is 14.6. The van der Waals surface area contributed by atoms with Crippen LogP contribution in [0.15, 0.2) is 54.7 Å². The molecule has 0 unspecified atom stereocenters. The fraction of sp³-hybridized carbons (Fsp3) is 0.304. The number of para-hydroxylation sites is 3. The van der Waals surface area contributed by atoms with Crippen LogP contribution in [0.4, 0.5) is 0 Å². The van der Waals surface area contributed by atoms with Crippen LogP contribution in [0.5, 0.6) is 11.5 Å². The molecule has 9 heteroatoms. The van der Waals surface area contributed by atoms with Crippen molar-refractivity contribution < 1.29 is 19.1 Å². The van der Waals surface area contributed by atoms with E-state index in [1.165, 1.54) is 0 Å². The lowest BCUT2D eigenvalue weighted by atomic mass is 10.1. The highest BCUT2D eigenvalue weighted by molar-refractivity contribution is 5.78. The normalized spacial score (nSPS) is 10.4. The van der Waals surface area contributed by atoms with Crippen LogP contribution in [-0.2, 0) is 9.59 Å².